The number of carbonyl (C=O) groups excluding carboxylic acids is 2. The van der Waals surface area contributed by atoms with E-state index in [0.29, 0.717) is 28.3 Å². The maximum absolute atomic E-state index is 13.2. The number of ketones is 1. The number of amides is 1. The molecule has 0 atom stereocenters. The zero-order valence-corrected chi connectivity index (χ0v) is 16.2. The summed E-state index contributed by atoms with van der Waals surface area (Å²) in [6, 6.07) is 20.4. The van der Waals surface area contributed by atoms with Crippen LogP contribution in [0.15, 0.2) is 79.1 Å². The fourth-order valence-corrected chi connectivity index (χ4v) is 3.25. The van der Waals surface area contributed by atoms with Gasteiger partial charge in [-0.25, -0.2) is 4.68 Å². The van der Waals surface area contributed by atoms with Crippen LogP contribution < -0.4 is 5.32 Å². The minimum atomic E-state index is -0.283. The number of carbonyl (C=O) groups is 2. The lowest BCUT2D eigenvalue weighted by Crippen LogP contribution is -2.16. The molecule has 6 heteroatoms. The topological polar surface area (TPSA) is 68.9 Å². The van der Waals surface area contributed by atoms with Crippen molar-refractivity contribution < 1.29 is 9.59 Å². The van der Waals surface area contributed by atoms with Crippen molar-refractivity contribution in [2.24, 2.45) is 0 Å². The Bertz CT molecular complexity index is 1180. The normalized spacial score (nSPS) is 10.7. The third-order valence-electron chi connectivity index (χ3n) is 4.64. The van der Waals surface area contributed by atoms with Crippen molar-refractivity contribution in [3.63, 3.8) is 0 Å². The number of Topliss-reactive ketones (excluding diaryl/α,β-unsaturated/α-hetero) is 1. The van der Waals surface area contributed by atoms with Crippen LogP contribution in [-0.2, 0) is 0 Å². The summed E-state index contributed by atoms with van der Waals surface area (Å²) >= 11 is 0. The largest absolute Gasteiger partial charge is 0.322 e. The number of nitrogens with zero attached hydrogens (tertiary/aromatic N) is 3. The van der Waals surface area contributed by atoms with Gasteiger partial charge in [-0.1, -0.05) is 30.3 Å². The Kier molecular flexibility index (Phi) is 4.83. The van der Waals surface area contributed by atoms with Crippen LogP contribution in [0.2, 0.25) is 0 Å². The zero-order chi connectivity index (χ0) is 20.4. The number of rotatable bonds is 5. The average molecular weight is 384 g/mol. The highest BCUT2D eigenvalue weighted by atomic mass is 16.1. The summed E-state index contributed by atoms with van der Waals surface area (Å²) in [7, 11) is 0. The predicted octanol–water partition coefficient (Wildman–Crippen LogP) is 4.43. The van der Waals surface area contributed by atoms with E-state index in [0.717, 1.165) is 5.69 Å². The third-order valence-corrected chi connectivity index (χ3v) is 4.64. The first kappa shape index (κ1) is 18.4. The van der Waals surface area contributed by atoms with Gasteiger partial charge in [0, 0.05) is 23.6 Å². The Morgan fingerprint density at radius 2 is 1.66 bits per heavy atom. The van der Waals surface area contributed by atoms with Gasteiger partial charge in [-0.05, 0) is 50.2 Å². The monoisotopic (exact) mass is 384 g/mol. The molecule has 1 N–H and O–H groups in total. The first-order valence-corrected chi connectivity index (χ1v) is 9.25. The van der Waals surface area contributed by atoms with Crippen LogP contribution in [0.5, 0.6) is 0 Å². The second-order valence-electron chi connectivity index (χ2n) is 6.71. The second kappa shape index (κ2) is 7.59. The SMILES string of the molecule is CC(=O)c1cccc(NC(=O)c2c(C)nn(-c3ccccc3)c2-n2cccc2)c1. The van der Waals surface area contributed by atoms with Gasteiger partial charge in [0.15, 0.2) is 11.6 Å². The molecule has 2 aromatic carbocycles. The van der Waals surface area contributed by atoms with Crippen LogP contribution in [0.1, 0.15) is 33.3 Å². The lowest BCUT2D eigenvalue weighted by atomic mass is 10.1. The summed E-state index contributed by atoms with van der Waals surface area (Å²) < 4.78 is 3.63. The molecular formula is C23H20N4O2. The van der Waals surface area contributed by atoms with Gasteiger partial charge in [-0.3, -0.25) is 9.59 Å². The van der Waals surface area contributed by atoms with Crippen molar-refractivity contribution >= 4 is 17.4 Å². The number of hydrogen-bond acceptors (Lipinski definition) is 3. The van der Waals surface area contributed by atoms with Gasteiger partial charge in [-0.2, -0.15) is 5.10 Å². The van der Waals surface area contributed by atoms with Crippen molar-refractivity contribution in [1.29, 1.82) is 0 Å². The van der Waals surface area contributed by atoms with E-state index in [-0.39, 0.29) is 11.7 Å². The standard InChI is InChI=1S/C23H20N4O2/c1-16-21(22(29)24-19-10-8-9-18(15-19)17(2)28)23(26-13-6-7-14-26)27(25-16)20-11-4-3-5-12-20/h3-15H,1-2H3,(H,24,29). The Labute approximate surface area is 168 Å². The molecule has 0 spiro atoms. The minimum Gasteiger partial charge on any atom is -0.322 e. The molecule has 0 aliphatic rings. The van der Waals surface area contributed by atoms with E-state index in [1.807, 2.05) is 66.3 Å². The molecule has 0 bridgehead atoms. The van der Waals surface area contributed by atoms with E-state index in [1.54, 1.807) is 28.9 Å². The molecule has 0 radical (unpaired) electrons. The molecule has 4 rings (SSSR count). The maximum Gasteiger partial charge on any atom is 0.261 e. The highest BCUT2D eigenvalue weighted by Gasteiger charge is 2.23. The lowest BCUT2D eigenvalue weighted by molar-refractivity contribution is 0.101. The zero-order valence-electron chi connectivity index (χ0n) is 16.2. The molecule has 4 aromatic rings. The Hall–Kier alpha value is -3.93. The van der Waals surface area contributed by atoms with Crippen LogP contribution in [0, 0.1) is 6.92 Å². The third kappa shape index (κ3) is 3.60. The van der Waals surface area contributed by atoms with Gasteiger partial charge in [-0.15, -0.1) is 0 Å². The molecule has 0 saturated carbocycles. The van der Waals surface area contributed by atoms with Crippen LogP contribution in [0.25, 0.3) is 11.5 Å². The summed E-state index contributed by atoms with van der Waals surface area (Å²) in [5.41, 5.74) is 3.05. The molecule has 0 aliphatic carbocycles. The highest BCUT2D eigenvalue weighted by molar-refractivity contribution is 6.08. The first-order valence-electron chi connectivity index (χ1n) is 9.25. The summed E-state index contributed by atoms with van der Waals surface area (Å²) in [6.45, 7) is 3.31. The van der Waals surface area contributed by atoms with Gasteiger partial charge in [0.25, 0.3) is 5.91 Å². The molecule has 0 fully saturated rings. The first-order chi connectivity index (χ1) is 14.0. The molecule has 29 heavy (non-hydrogen) atoms. The summed E-state index contributed by atoms with van der Waals surface area (Å²) in [4.78, 5) is 24.9. The van der Waals surface area contributed by atoms with Crippen molar-refractivity contribution in [1.82, 2.24) is 14.3 Å². The van der Waals surface area contributed by atoms with Gasteiger partial charge in [0.1, 0.15) is 5.56 Å². The second-order valence-corrected chi connectivity index (χ2v) is 6.71. The maximum atomic E-state index is 13.2. The summed E-state index contributed by atoms with van der Waals surface area (Å²) in [6.07, 6.45) is 3.76. The molecule has 0 saturated heterocycles. The fourth-order valence-electron chi connectivity index (χ4n) is 3.25. The molecule has 6 nitrogen and oxygen atoms in total. The highest BCUT2D eigenvalue weighted by Crippen LogP contribution is 2.24. The van der Waals surface area contributed by atoms with E-state index in [4.69, 9.17) is 0 Å². The Balaban J connectivity index is 1.79. The van der Waals surface area contributed by atoms with Gasteiger partial charge < -0.3 is 9.88 Å². The van der Waals surface area contributed by atoms with Crippen LogP contribution >= 0.6 is 0 Å². The molecule has 0 aliphatic heterocycles. The Morgan fingerprint density at radius 1 is 0.931 bits per heavy atom. The number of benzene rings is 2. The smallest absolute Gasteiger partial charge is 0.261 e. The van der Waals surface area contributed by atoms with Gasteiger partial charge in [0.05, 0.1) is 11.4 Å². The van der Waals surface area contributed by atoms with Gasteiger partial charge in [0.2, 0.25) is 0 Å². The van der Waals surface area contributed by atoms with E-state index in [9.17, 15) is 9.59 Å². The number of nitrogens with one attached hydrogen (secondary N) is 1. The van der Waals surface area contributed by atoms with Gasteiger partial charge >= 0.3 is 0 Å². The minimum absolute atomic E-state index is 0.0535. The number of anilines is 1. The fraction of sp³-hybridized carbons (Fsp3) is 0.0870. The van der Waals surface area contributed by atoms with E-state index >= 15 is 0 Å². The quantitative estimate of drug-likeness (QED) is 0.518. The molecule has 0 unspecified atom stereocenters. The molecule has 144 valence electrons. The van der Waals surface area contributed by atoms with Crippen molar-refractivity contribution in [2.75, 3.05) is 5.32 Å². The van der Waals surface area contributed by atoms with E-state index < -0.39 is 0 Å². The Morgan fingerprint density at radius 3 is 2.34 bits per heavy atom. The van der Waals surface area contributed by atoms with Crippen molar-refractivity contribution in [2.45, 2.75) is 13.8 Å². The van der Waals surface area contributed by atoms with Crippen LogP contribution in [-0.4, -0.2) is 26.0 Å². The molecular weight excluding hydrogens is 364 g/mol. The average Bonchev–Trinajstić information content (AvgIpc) is 3.36. The van der Waals surface area contributed by atoms with Crippen molar-refractivity contribution in [3.05, 3.63) is 95.9 Å². The number of para-hydroxylation sites is 1. The van der Waals surface area contributed by atoms with Crippen molar-refractivity contribution in [3.8, 4) is 11.5 Å². The molecule has 2 heterocycles. The number of hydrogen-bond donors (Lipinski definition) is 1. The molecule has 1 amide bonds. The van der Waals surface area contributed by atoms with Crippen LogP contribution in [0.3, 0.4) is 0 Å². The van der Waals surface area contributed by atoms with Crippen LogP contribution in [0.4, 0.5) is 5.69 Å². The predicted molar refractivity (Wildman–Crippen MR) is 112 cm³/mol. The summed E-state index contributed by atoms with van der Waals surface area (Å²) in [5.74, 6) is 0.315. The van der Waals surface area contributed by atoms with E-state index in [1.165, 1.54) is 6.92 Å². The lowest BCUT2D eigenvalue weighted by Gasteiger charge is -2.11. The number of aromatic nitrogens is 3. The summed E-state index contributed by atoms with van der Waals surface area (Å²) in [5, 5.41) is 7.53. The molecule has 2 aromatic heterocycles. The van der Waals surface area contributed by atoms with E-state index in [2.05, 4.69) is 10.4 Å². The number of aryl methyl sites for hydroxylation is 1.